The molecule has 0 bridgehead atoms. The molecule has 0 spiro atoms. The summed E-state index contributed by atoms with van der Waals surface area (Å²) in [6.07, 6.45) is 0.494. The molecule has 0 saturated carbocycles. The van der Waals surface area contributed by atoms with Crippen molar-refractivity contribution in [2.75, 3.05) is 0 Å². The van der Waals surface area contributed by atoms with Crippen LogP contribution in [-0.2, 0) is 6.42 Å². The lowest BCUT2D eigenvalue weighted by molar-refractivity contribution is 0.593. The van der Waals surface area contributed by atoms with Gasteiger partial charge in [0, 0.05) is 10.5 Å². The van der Waals surface area contributed by atoms with Crippen LogP contribution in [0.1, 0.15) is 28.3 Å². The van der Waals surface area contributed by atoms with Crippen LogP contribution in [0.3, 0.4) is 0 Å². The van der Waals surface area contributed by atoms with Gasteiger partial charge >= 0.3 is 0 Å². The van der Waals surface area contributed by atoms with Crippen molar-refractivity contribution in [1.29, 1.82) is 0 Å². The number of hydrogen-bond acceptors (Lipinski definition) is 1. The van der Waals surface area contributed by atoms with E-state index >= 15 is 0 Å². The SMILES string of the molecule is Cc1cc(C)cc(C(N)Cc2cc(Br)ccc2F)c1. The third-order valence-corrected chi connectivity index (χ3v) is 3.61. The molecule has 2 N–H and O–H groups in total. The Kier molecular flexibility index (Phi) is 4.38. The van der Waals surface area contributed by atoms with E-state index in [4.69, 9.17) is 5.73 Å². The standard InChI is InChI=1S/C16H17BrFN/c1-10-5-11(2)7-13(6-10)16(19)9-12-8-14(17)3-4-15(12)18/h3-8,16H,9,19H2,1-2H3. The summed E-state index contributed by atoms with van der Waals surface area (Å²) < 4.78 is 14.6. The van der Waals surface area contributed by atoms with E-state index in [1.807, 2.05) is 13.8 Å². The lowest BCUT2D eigenvalue weighted by Crippen LogP contribution is -2.14. The zero-order chi connectivity index (χ0) is 14.0. The zero-order valence-electron chi connectivity index (χ0n) is 11.1. The van der Waals surface area contributed by atoms with Crippen molar-refractivity contribution < 1.29 is 4.39 Å². The Bertz CT molecular complexity index is 575. The van der Waals surface area contributed by atoms with E-state index in [2.05, 4.69) is 34.1 Å². The van der Waals surface area contributed by atoms with E-state index in [9.17, 15) is 4.39 Å². The van der Waals surface area contributed by atoms with Crippen molar-refractivity contribution in [3.05, 3.63) is 68.9 Å². The topological polar surface area (TPSA) is 26.0 Å². The summed E-state index contributed by atoms with van der Waals surface area (Å²) in [6, 6.07) is 11.0. The highest BCUT2D eigenvalue weighted by atomic mass is 79.9. The smallest absolute Gasteiger partial charge is 0.126 e. The molecule has 19 heavy (non-hydrogen) atoms. The van der Waals surface area contributed by atoms with E-state index in [-0.39, 0.29) is 11.9 Å². The van der Waals surface area contributed by atoms with Crippen molar-refractivity contribution in [3.8, 4) is 0 Å². The first-order valence-corrected chi connectivity index (χ1v) is 7.02. The van der Waals surface area contributed by atoms with Crippen LogP contribution in [0.5, 0.6) is 0 Å². The fraction of sp³-hybridized carbons (Fsp3) is 0.250. The third-order valence-electron chi connectivity index (χ3n) is 3.12. The van der Waals surface area contributed by atoms with Gasteiger partial charge in [-0.05, 0) is 49.6 Å². The molecule has 0 saturated heterocycles. The highest BCUT2D eigenvalue weighted by molar-refractivity contribution is 9.10. The monoisotopic (exact) mass is 321 g/mol. The summed E-state index contributed by atoms with van der Waals surface area (Å²) in [5, 5.41) is 0. The number of aryl methyl sites for hydroxylation is 2. The quantitative estimate of drug-likeness (QED) is 0.888. The van der Waals surface area contributed by atoms with Gasteiger partial charge in [0.05, 0.1) is 0 Å². The largest absolute Gasteiger partial charge is 0.324 e. The average molecular weight is 322 g/mol. The van der Waals surface area contributed by atoms with Gasteiger partial charge < -0.3 is 5.73 Å². The van der Waals surface area contributed by atoms with E-state index in [1.54, 1.807) is 12.1 Å². The maximum atomic E-state index is 13.7. The zero-order valence-corrected chi connectivity index (χ0v) is 12.7. The van der Waals surface area contributed by atoms with E-state index in [0.29, 0.717) is 12.0 Å². The first-order chi connectivity index (χ1) is 8.95. The van der Waals surface area contributed by atoms with E-state index in [0.717, 1.165) is 10.0 Å². The molecule has 0 amide bonds. The molecule has 0 aliphatic rings. The van der Waals surface area contributed by atoms with Crippen LogP contribution < -0.4 is 5.73 Å². The van der Waals surface area contributed by atoms with Gasteiger partial charge in [0.25, 0.3) is 0 Å². The van der Waals surface area contributed by atoms with Crippen LogP contribution in [0.4, 0.5) is 4.39 Å². The predicted molar refractivity (Wildman–Crippen MR) is 80.6 cm³/mol. The van der Waals surface area contributed by atoms with Gasteiger partial charge in [0.15, 0.2) is 0 Å². The summed E-state index contributed by atoms with van der Waals surface area (Å²) in [5.74, 6) is -0.206. The summed E-state index contributed by atoms with van der Waals surface area (Å²) in [4.78, 5) is 0. The molecule has 1 atom stereocenters. The second kappa shape index (κ2) is 5.85. The normalized spacial score (nSPS) is 12.5. The molecule has 0 aliphatic heterocycles. The van der Waals surface area contributed by atoms with Gasteiger partial charge in [-0.1, -0.05) is 45.3 Å². The fourth-order valence-corrected chi connectivity index (χ4v) is 2.69. The fourth-order valence-electron chi connectivity index (χ4n) is 2.28. The minimum absolute atomic E-state index is 0.192. The third kappa shape index (κ3) is 3.64. The van der Waals surface area contributed by atoms with Crippen molar-refractivity contribution in [2.24, 2.45) is 5.73 Å². The molecule has 1 unspecified atom stereocenters. The molecule has 100 valence electrons. The van der Waals surface area contributed by atoms with E-state index < -0.39 is 0 Å². The molecule has 2 aromatic carbocycles. The Morgan fingerprint density at radius 1 is 1.11 bits per heavy atom. The van der Waals surface area contributed by atoms with Gasteiger partial charge in [-0.25, -0.2) is 4.39 Å². The molecule has 0 heterocycles. The predicted octanol–water partition coefficient (Wildman–Crippen LogP) is 4.45. The van der Waals surface area contributed by atoms with Crippen molar-refractivity contribution in [2.45, 2.75) is 26.3 Å². The summed E-state index contributed by atoms with van der Waals surface area (Å²) in [7, 11) is 0. The Labute approximate surface area is 121 Å². The van der Waals surface area contributed by atoms with E-state index in [1.165, 1.54) is 17.2 Å². The highest BCUT2D eigenvalue weighted by Crippen LogP contribution is 2.22. The van der Waals surface area contributed by atoms with Gasteiger partial charge in [0.2, 0.25) is 0 Å². The summed E-state index contributed by atoms with van der Waals surface area (Å²) in [5.41, 5.74) is 10.3. The Balaban J connectivity index is 2.25. The maximum absolute atomic E-state index is 13.7. The number of rotatable bonds is 3. The number of halogens is 2. The Morgan fingerprint density at radius 2 is 1.74 bits per heavy atom. The summed E-state index contributed by atoms with van der Waals surface area (Å²) >= 11 is 3.36. The lowest BCUT2D eigenvalue weighted by Gasteiger charge is -2.14. The second-order valence-electron chi connectivity index (χ2n) is 4.97. The van der Waals surface area contributed by atoms with Crippen LogP contribution in [0.25, 0.3) is 0 Å². The molecule has 0 aliphatic carbocycles. The molecule has 2 aromatic rings. The molecule has 0 aromatic heterocycles. The van der Waals surface area contributed by atoms with Crippen LogP contribution in [0.15, 0.2) is 40.9 Å². The van der Waals surface area contributed by atoms with Crippen LogP contribution in [-0.4, -0.2) is 0 Å². The van der Waals surface area contributed by atoms with Crippen LogP contribution in [0, 0.1) is 19.7 Å². The Morgan fingerprint density at radius 3 is 2.37 bits per heavy atom. The molecular weight excluding hydrogens is 305 g/mol. The van der Waals surface area contributed by atoms with Gasteiger partial charge in [0.1, 0.15) is 5.82 Å². The molecule has 2 rings (SSSR count). The molecule has 0 radical (unpaired) electrons. The molecular formula is C16H17BrFN. The number of nitrogens with two attached hydrogens (primary N) is 1. The Hall–Kier alpha value is -1.19. The van der Waals surface area contributed by atoms with Crippen LogP contribution >= 0.6 is 15.9 Å². The van der Waals surface area contributed by atoms with Crippen molar-refractivity contribution in [1.82, 2.24) is 0 Å². The second-order valence-corrected chi connectivity index (χ2v) is 5.88. The average Bonchev–Trinajstić information content (AvgIpc) is 2.32. The van der Waals surface area contributed by atoms with Gasteiger partial charge in [-0.2, -0.15) is 0 Å². The lowest BCUT2D eigenvalue weighted by atomic mass is 9.96. The summed E-state index contributed by atoms with van der Waals surface area (Å²) in [6.45, 7) is 4.09. The van der Waals surface area contributed by atoms with Crippen molar-refractivity contribution in [3.63, 3.8) is 0 Å². The molecule has 1 nitrogen and oxygen atoms in total. The first kappa shape index (κ1) is 14.2. The number of hydrogen-bond donors (Lipinski definition) is 1. The molecule has 3 heteroatoms. The van der Waals surface area contributed by atoms with Gasteiger partial charge in [-0.3, -0.25) is 0 Å². The van der Waals surface area contributed by atoms with Crippen LogP contribution in [0.2, 0.25) is 0 Å². The van der Waals surface area contributed by atoms with Gasteiger partial charge in [-0.15, -0.1) is 0 Å². The molecule has 0 fully saturated rings. The minimum Gasteiger partial charge on any atom is -0.324 e. The van der Waals surface area contributed by atoms with Crippen molar-refractivity contribution >= 4 is 15.9 Å². The maximum Gasteiger partial charge on any atom is 0.126 e. The number of benzene rings is 2. The highest BCUT2D eigenvalue weighted by Gasteiger charge is 2.11. The minimum atomic E-state index is -0.206. The first-order valence-electron chi connectivity index (χ1n) is 6.23.